The van der Waals surface area contributed by atoms with Gasteiger partial charge in [0.25, 0.3) is 0 Å². The molecule has 0 atom stereocenters. The molecule has 0 spiro atoms. The molecule has 0 unspecified atom stereocenters. The van der Waals surface area contributed by atoms with Gasteiger partial charge in [-0.3, -0.25) is 4.79 Å². The summed E-state index contributed by atoms with van der Waals surface area (Å²) in [6, 6.07) is 7.90. The van der Waals surface area contributed by atoms with Crippen molar-refractivity contribution in [2.45, 2.75) is 51.7 Å². The molecule has 1 aliphatic rings. The van der Waals surface area contributed by atoms with E-state index in [0.717, 1.165) is 24.0 Å². The number of halogens is 1. The smallest absolute Gasteiger partial charge is 0.335 e. The second kappa shape index (κ2) is 8.89. The molecule has 6 nitrogen and oxygen atoms in total. The maximum Gasteiger partial charge on any atom is 0.335 e. The van der Waals surface area contributed by atoms with E-state index >= 15 is 0 Å². The van der Waals surface area contributed by atoms with Gasteiger partial charge in [0, 0.05) is 26.6 Å². The molecule has 1 fully saturated rings. The van der Waals surface area contributed by atoms with Crippen LogP contribution in [0.2, 0.25) is 0 Å². The Morgan fingerprint density at radius 2 is 1.75 bits per heavy atom. The van der Waals surface area contributed by atoms with Crippen molar-refractivity contribution in [2.75, 3.05) is 7.05 Å². The first kappa shape index (κ1) is 18.5. The number of rotatable bonds is 6. The van der Waals surface area contributed by atoms with E-state index in [1.54, 1.807) is 4.90 Å². The fraction of sp³-hybridized carbons (Fsp3) is 0.529. The Hall–Kier alpha value is -1.79. The molecule has 3 amide bonds. The normalized spacial score (nSPS) is 14.5. The van der Waals surface area contributed by atoms with Crippen LogP contribution in [0.25, 0.3) is 0 Å². The quantitative estimate of drug-likeness (QED) is 0.611. The maximum absolute atomic E-state index is 12.6. The molecule has 1 aromatic carbocycles. The molecule has 2 rings (SSSR count). The van der Waals surface area contributed by atoms with E-state index in [0.29, 0.717) is 19.1 Å². The molecule has 2 N–H and O–H groups in total. The van der Waals surface area contributed by atoms with Crippen LogP contribution in [0.5, 0.6) is 0 Å². The molecule has 0 aliphatic heterocycles. The van der Waals surface area contributed by atoms with E-state index in [9.17, 15) is 9.59 Å². The number of nitrogens with one attached hydrogen (secondary N) is 2. The summed E-state index contributed by atoms with van der Waals surface area (Å²) in [4.78, 5) is 27.7. The molecule has 1 saturated carbocycles. The highest BCUT2D eigenvalue weighted by Gasteiger charge is 2.26. The van der Waals surface area contributed by atoms with Crippen molar-refractivity contribution in [1.82, 2.24) is 20.2 Å². The van der Waals surface area contributed by atoms with Gasteiger partial charge in [-0.15, -0.1) is 4.94 Å². The molecule has 0 heterocycles. The predicted octanol–water partition coefficient (Wildman–Crippen LogP) is 2.78. The van der Waals surface area contributed by atoms with Crippen LogP contribution in [-0.2, 0) is 17.9 Å². The molecule has 0 aromatic heterocycles. The first-order chi connectivity index (χ1) is 11.5. The summed E-state index contributed by atoms with van der Waals surface area (Å²) in [6.07, 6.45) is 4.45. The Labute approximate surface area is 148 Å². The lowest BCUT2D eigenvalue weighted by Gasteiger charge is -2.30. The molecular weight excluding hydrogens is 328 g/mol. The largest absolute Gasteiger partial charge is 0.352 e. The van der Waals surface area contributed by atoms with Gasteiger partial charge >= 0.3 is 6.03 Å². The van der Waals surface area contributed by atoms with Crippen LogP contribution in [0, 0.1) is 0 Å². The number of amides is 3. The number of hydrazine groups is 1. The van der Waals surface area contributed by atoms with Crippen molar-refractivity contribution in [3.05, 3.63) is 35.4 Å². The van der Waals surface area contributed by atoms with Gasteiger partial charge in [-0.1, -0.05) is 37.1 Å². The van der Waals surface area contributed by atoms with Gasteiger partial charge in [0.1, 0.15) is 0 Å². The number of carbonyl (C=O) groups is 2. The average Bonchev–Trinajstić information content (AvgIpc) is 3.12. The summed E-state index contributed by atoms with van der Waals surface area (Å²) >= 11 is 5.76. The van der Waals surface area contributed by atoms with E-state index in [1.165, 1.54) is 24.8 Å². The van der Waals surface area contributed by atoms with Crippen molar-refractivity contribution in [3.63, 3.8) is 0 Å². The highest BCUT2D eigenvalue weighted by Crippen LogP contribution is 2.23. The van der Waals surface area contributed by atoms with Crippen molar-refractivity contribution in [1.29, 1.82) is 0 Å². The minimum Gasteiger partial charge on any atom is -0.352 e. The molecular formula is C17H25ClN4O2. The Balaban J connectivity index is 1.93. The van der Waals surface area contributed by atoms with Crippen LogP contribution in [0.1, 0.15) is 43.7 Å². The molecule has 24 heavy (non-hydrogen) atoms. The Morgan fingerprint density at radius 3 is 2.29 bits per heavy atom. The van der Waals surface area contributed by atoms with Gasteiger partial charge in [-0.05, 0) is 35.7 Å². The average molecular weight is 353 g/mol. The Bertz CT molecular complexity index is 558. The lowest BCUT2D eigenvalue weighted by Crippen LogP contribution is -2.48. The minimum absolute atomic E-state index is 0.0582. The predicted molar refractivity (Wildman–Crippen MR) is 93.9 cm³/mol. The van der Waals surface area contributed by atoms with Gasteiger partial charge in [0.15, 0.2) is 0 Å². The maximum atomic E-state index is 12.6. The van der Waals surface area contributed by atoms with Gasteiger partial charge in [0.2, 0.25) is 5.91 Å². The standard InChI is InChI=1S/C17H25ClN4O2/c1-13(23)19-11-14-7-9-15(10-8-14)12-22(20-18)17(24)21(2)16-5-3-4-6-16/h7-10,16,20H,3-6,11-12H2,1-2H3,(H,19,23). The molecule has 1 aromatic rings. The number of hydrogen-bond donors (Lipinski definition) is 2. The molecule has 7 heteroatoms. The van der Waals surface area contributed by atoms with Crippen molar-refractivity contribution in [3.8, 4) is 0 Å². The van der Waals surface area contributed by atoms with Crippen molar-refractivity contribution < 1.29 is 9.59 Å². The zero-order valence-corrected chi connectivity index (χ0v) is 15.0. The van der Waals surface area contributed by atoms with Crippen molar-refractivity contribution >= 4 is 23.7 Å². The molecule has 0 bridgehead atoms. The van der Waals surface area contributed by atoms with Crippen molar-refractivity contribution in [2.24, 2.45) is 0 Å². The summed E-state index contributed by atoms with van der Waals surface area (Å²) in [5.74, 6) is -0.0582. The van der Waals surface area contributed by atoms with Crippen LogP contribution in [-0.4, -0.2) is 34.9 Å². The van der Waals surface area contributed by atoms with Gasteiger partial charge in [0.05, 0.1) is 6.54 Å². The third-order valence-corrected chi connectivity index (χ3v) is 4.62. The minimum atomic E-state index is -0.126. The van der Waals surface area contributed by atoms with E-state index < -0.39 is 0 Å². The number of nitrogens with zero attached hydrogens (tertiary/aromatic N) is 2. The summed E-state index contributed by atoms with van der Waals surface area (Å²) in [7, 11) is 1.83. The number of benzene rings is 1. The first-order valence-corrected chi connectivity index (χ1v) is 8.62. The highest BCUT2D eigenvalue weighted by atomic mass is 35.5. The summed E-state index contributed by atoms with van der Waals surface area (Å²) in [5.41, 5.74) is 1.97. The van der Waals surface area contributed by atoms with Crippen LogP contribution in [0.15, 0.2) is 24.3 Å². The Kier molecular flexibility index (Phi) is 6.87. The third kappa shape index (κ3) is 5.11. The number of urea groups is 1. The van der Waals surface area contributed by atoms with Gasteiger partial charge in [-0.2, -0.15) is 0 Å². The molecule has 1 aliphatic carbocycles. The van der Waals surface area contributed by atoms with Crippen LogP contribution >= 0.6 is 11.8 Å². The van der Waals surface area contributed by atoms with E-state index in [-0.39, 0.29) is 11.9 Å². The Morgan fingerprint density at radius 1 is 1.17 bits per heavy atom. The highest BCUT2D eigenvalue weighted by molar-refractivity contribution is 6.13. The molecule has 0 radical (unpaired) electrons. The molecule has 132 valence electrons. The third-order valence-electron chi connectivity index (χ3n) is 4.41. The SMILES string of the molecule is CC(=O)NCc1ccc(CN(NCl)C(=O)N(C)C2CCCC2)cc1. The molecule has 0 saturated heterocycles. The fourth-order valence-electron chi connectivity index (χ4n) is 2.94. The zero-order valence-electron chi connectivity index (χ0n) is 14.2. The van der Waals surface area contributed by atoms with Crippen LogP contribution < -0.4 is 10.3 Å². The summed E-state index contributed by atoms with van der Waals surface area (Å²) in [6.45, 7) is 2.36. The number of hydrogen-bond acceptors (Lipinski definition) is 3. The second-order valence-corrected chi connectivity index (χ2v) is 6.40. The zero-order chi connectivity index (χ0) is 17.5. The van der Waals surface area contributed by atoms with Crippen LogP contribution in [0.4, 0.5) is 4.79 Å². The number of carbonyl (C=O) groups excluding carboxylic acids is 2. The lowest BCUT2D eigenvalue weighted by atomic mass is 10.1. The van der Waals surface area contributed by atoms with E-state index in [4.69, 9.17) is 11.8 Å². The fourth-order valence-corrected chi connectivity index (χ4v) is 3.08. The lowest BCUT2D eigenvalue weighted by molar-refractivity contribution is -0.119. The van der Waals surface area contributed by atoms with E-state index in [2.05, 4.69) is 10.3 Å². The van der Waals surface area contributed by atoms with Crippen LogP contribution in [0.3, 0.4) is 0 Å². The van der Waals surface area contributed by atoms with Gasteiger partial charge < -0.3 is 10.2 Å². The van der Waals surface area contributed by atoms with Gasteiger partial charge in [-0.25, -0.2) is 9.80 Å². The van der Waals surface area contributed by atoms with E-state index in [1.807, 2.05) is 31.3 Å². The first-order valence-electron chi connectivity index (χ1n) is 8.24. The summed E-state index contributed by atoms with van der Waals surface area (Å²) in [5, 5.41) is 4.16. The second-order valence-electron chi connectivity index (χ2n) is 6.23. The monoisotopic (exact) mass is 352 g/mol. The topological polar surface area (TPSA) is 64.7 Å². The summed E-state index contributed by atoms with van der Waals surface area (Å²) < 4.78 is 0.